The molecular formula is C14H21OSi. The van der Waals surface area contributed by atoms with Crippen LogP contribution < -0.4 is 4.43 Å². The fraction of sp³-hybridized carbons (Fsp3) is 0.571. The highest BCUT2D eigenvalue weighted by molar-refractivity contribution is 6.00. The van der Waals surface area contributed by atoms with Gasteiger partial charge in [0.15, 0.2) is 0 Å². The Labute approximate surface area is 103 Å². The van der Waals surface area contributed by atoms with Crippen LogP contribution >= 0.6 is 0 Å². The second-order valence-corrected chi connectivity index (χ2v) is 6.48. The summed E-state index contributed by atoms with van der Waals surface area (Å²) in [5.74, 6) is 0.914. The summed E-state index contributed by atoms with van der Waals surface area (Å²) in [6, 6.07) is 6.24. The van der Waals surface area contributed by atoms with Gasteiger partial charge in [0, 0.05) is 5.56 Å². The molecule has 0 spiro atoms. The average Bonchev–Trinajstić information content (AvgIpc) is 2.13. The first-order chi connectivity index (χ1) is 7.18. The molecule has 0 saturated heterocycles. The minimum absolute atomic E-state index is 0.0753. The molecule has 1 nitrogen and oxygen atoms in total. The lowest BCUT2D eigenvalue weighted by Crippen LogP contribution is -2.22. The van der Waals surface area contributed by atoms with Gasteiger partial charge in [-0.05, 0) is 22.5 Å². The topological polar surface area (TPSA) is 9.23 Å². The molecule has 1 aromatic carbocycles. The van der Waals surface area contributed by atoms with E-state index < -0.39 is 0 Å². The molecule has 1 rings (SSSR count). The van der Waals surface area contributed by atoms with E-state index in [1.54, 1.807) is 0 Å². The quantitative estimate of drug-likeness (QED) is 0.671. The monoisotopic (exact) mass is 233 g/mol. The van der Waals surface area contributed by atoms with Crippen LogP contribution in [-0.2, 0) is 10.8 Å². The third kappa shape index (κ3) is 2.67. The molecule has 0 fully saturated rings. The molecule has 0 aliphatic heterocycles. The number of hydrogen-bond acceptors (Lipinski definition) is 1. The maximum Gasteiger partial charge on any atom is 0.341 e. The highest BCUT2D eigenvalue weighted by Crippen LogP contribution is 2.39. The first-order valence-corrected chi connectivity index (χ1v) is 6.06. The molecule has 0 heterocycles. The SMILES string of the molecule is CC(C)(C)c1cccc(O[Si])c1C(C)(C)C. The summed E-state index contributed by atoms with van der Waals surface area (Å²) in [6.07, 6.45) is 0. The molecule has 0 bridgehead atoms. The van der Waals surface area contributed by atoms with Crippen molar-refractivity contribution in [2.75, 3.05) is 0 Å². The third-order valence-electron chi connectivity index (χ3n) is 2.69. The van der Waals surface area contributed by atoms with Crippen LogP contribution in [0.4, 0.5) is 0 Å². The highest BCUT2D eigenvalue weighted by atomic mass is 28.2. The molecule has 2 heteroatoms. The minimum Gasteiger partial charge on any atom is -0.540 e. The largest absolute Gasteiger partial charge is 0.540 e. The molecule has 0 unspecified atom stereocenters. The van der Waals surface area contributed by atoms with Gasteiger partial charge in [0.1, 0.15) is 5.75 Å². The van der Waals surface area contributed by atoms with E-state index in [4.69, 9.17) is 4.43 Å². The van der Waals surface area contributed by atoms with Gasteiger partial charge in [-0.15, -0.1) is 0 Å². The Balaban J connectivity index is 3.51. The second-order valence-electron chi connectivity index (χ2n) is 6.28. The van der Waals surface area contributed by atoms with E-state index in [1.807, 2.05) is 12.1 Å². The van der Waals surface area contributed by atoms with E-state index in [0.29, 0.717) is 0 Å². The molecule has 16 heavy (non-hydrogen) atoms. The Bertz CT molecular complexity index is 369. The van der Waals surface area contributed by atoms with Crippen LogP contribution in [0.25, 0.3) is 0 Å². The zero-order valence-corrected chi connectivity index (χ0v) is 12.1. The van der Waals surface area contributed by atoms with Crippen molar-refractivity contribution in [1.29, 1.82) is 0 Å². The first kappa shape index (κ1) is 13.3. The molecule has 0 aliphatic rings. The Morgan fingerprint density at radius 2 is 1.50 bits per heavy atom. The predicted octanol–water partition coefficient (Wildman–Crippen LogP) is 3.74. The van der Waals surface area contributed by atoms with E-state index in [1.165, 1.54) is 11.1 Å². The van der Waals surface area contributed by atoms with Crippen LogP contribution in [0.5, 0.6) is 5.75 Å². The van der Waals surface area contributed by atoms with Crippen molar-refractivity contribution in [2.24, 2.45) is 0 Å². The summed E-state index contributed by atoms with van der Waals surface area (Å²) in [5.41, 5.74) is 2.82. The second kappa shape index (κ2) is 4.25. The van der Waals surface area contributed by atoms with Gasteiger partial charge in [0.05, 0.1) is 0 Å². The van der Waals surface area contributed by atoms with E-state index in [0.717, 1.165) is 5.75 Å². The average molecular weight is 233 g/mol. The molecule has 0 aromatic heterocycles. The van der Waals surface area contributed by atoms with Gasteiger partial charge < -0.3 is 4.43 Å². The van der Waals surface area contributed by atoms with Gasteiger partial charge >= 0.3 is 10.5 Å². The van der Waals surface area contributed by atoms with Crippen molar-refractivity contribution in [3.63, 3.8) is 0 Å². The van der Waals surface area contributed by atoms with E-state index in [-0.39, 0.29) is 10.8 Å². The zero-order valence-electron chi connectivity index (χ0n) is 11.1. The lowest BCUT2D eigenvalue weighted by atomic mass is 9.75. The summed E-state index contributed by atoms with van der Waals surface area (Å²) < 4.78 is 5.31. The van der Waals surface area contributed by atoms with E-state index >= 15 is 0 Å². The van der Waals surface area contributed by atoms with Crippen molar-refractivity contribution in [3.05, 3.63) is 29.3 Å². The predicted molar refractivity (Wildman–Crippen MR) is 70.2 cm³/mol. The van der Waals surface area contributed by atoms with Crippen molar-refractivity contribution >= 4 is 10.5 Å². The molecule has 3 radical (unpaired) electrons. The van der Waals surface area contributed by atoms with E-state index in [2.05, 4.69) is 58.1 Å². The van der Waals surface area contributed by atoms with Crippen LogP contribution in [0.15, 0.2) is 18.2 Å². The van der Waals surface area contributed by atoms with Gasteiger partial charge in [-0.3, -0.25) is 0 Å². The van der Waals surface area contributed by atoms with Crippen molar-refractivity contribution in [3.8, 4) is 5.75 Å². The number of benzene rings is 1. The molecule has 0 N–H and O–H groups in total. The smallest absolute Gasteiger partial charge is 0.341 e. The molecule has 0 aliphatic carbocycles. The number of rotatable bonds is 1. The summed E-state index contributed by atoms with van der Waals surface area (Å²) in [4.78, 5) is 0. The van der Waals surface area contributed by atoms with Gasteiger partial charge in [-0.1, -0.05) is 53.7 Å². The Hall–Kier alpha value is -0.763. The van der Waals surface area contributed by atoms with Gasteiger partial charge in [-0.25, -0.2) is 0 Å². The van der Waals surface area contributed by atoms with Crippen molar-refractivity contribution in [2.45, 2.75) is 52.4 Å². The molecular weight excluding hydrogens is 212 g/mol. The molecule has 1 aromatic rings. The maximum absolute atomic E-state index is 5.31. The van der Waals surface area contributed by atoms with Gasteiger partial charge in [-0.2, -0.15) is 0 Å². The van der Waals surface area contributed by atoms with Crippen LogP contribution in [-0.4, -0.2) is 10.5 Å². The highest BCUT2D eigenvalue weighted by Gasteiger charge is 2.27. The lowest BCUT2D eigenvalue weighted by molar-refractivity contribution is 0.499. The van der Waals surface area contributed by atoms with Crippen LogP contribution in [0.1, 0.15) is 52.7 Å². The van der Waals surface area contributed by atoms with Crippen LogP contribution in [0, 0.1) is 0 Å². The molecule has 0 atom stereocenters. The first-order valence-electron chi connectivity index (χ1n) is 5.65. The summed E-state index contributed by atoms with van der Waals surface area (Å²) in [6.45, 7) is 13.3. The van der Waals surface area contributed by atoms with E-state index in [9.17, 15) is 0 Å². The number of hydrogen-bond donors (Lipinski definition) is 0. The zero-order chi connectivity index (χ0) is 12.6. The Kier molecular flexibility index (Phi) is 3.53. The van der Waals surface area contributed by atoms with Gasteiger partial charge in [0.25, 0.3) is 0 Å². The molecule has 0 amide bonds. The Morgan fingerprint density at radius 3 is 1.88 bits per heavy atom. The Morgan fingerprint density at radius 1 is 0.938 bits per heavy atom. The van der Waals surface area contributed by atoms with Crippen LogP contribution in [0.3, 0.4) is 0 Å². The third-order valence-corrected chi connectivity index (χ3v) is 2.91. The lowest BCUT2D eigenvalue weighted by Gasteiger charge is -2.31. The summed E-state index contributed by atoms with van der Waals surface area (Å²) in [7, 11) is 3.15. The van der Waals surface area contributed by atoms with Crippen LogP contribution in [0.2, 0.25) is 0 Å². The minimum atomic E-state index is 0.0753. The molecule has 0 saturated carbocycles. The summed E-state index contributed by atoms with van der Waals surface area (Å²) >= 11 is 0. The maximum atomic E-state index is 5.31. The summed E-state index contributed by atoms with van der Waals surface area (Å²) in [5, 5.41) is 0. The van der Waals surface area contributed by atoms with Crippen molar-refractivity contribution in [1.82, 2.24) is 0 Å². The standard InChI is InChI=1S/C14H21OSi/c1-13(2,3)10-8-7-9-11(15-16)12(10)14(4,5)6/h7-9H,1-6H3. The normalized spacial score (nSPS) is 12.7. The van der Waals surface area contributed by atoms with Crippen molar-refractivity contribution < 1.29 is 4.43 Å². The fourth-order valence-electron chi connectivity index (χ4n) is 2.01. The molecule has 87 valence electrons. The van der Waals surface area contributed by atoms with Gasteiger partial charge in [0.2, 0.25) is 0 Å². The fourth-order valence-corrected chi connectivity index (χ4v) is 2.18.